The summed E-state index contributed by atoms with van der Waals surface area (Å²) in [6, 6.07) is 7.99. The first-order valence-corrected chi connectivity index (χ1v) is 6.32. The molecule has 0 bridgehead atoms. The van der Waals surface area contributed by atoms with Gasteiger partial charge in [0.05, 0.1) is 6.54 Å². The molecule has 0 amide bonds. The van der Waals surface area contributed by atoms with Gasteiger partial charge in [0.1, 0.15) is 12.4 Å². The van der Waals surface area contributed by atoms with Crippen LogP contribution in [0.5, 0.6) is 5.75 Å². The van der Waals surface area contributed by atoms with E-state index in [2.05, 4.69) is 26.2 Å². The summed E-state index contributed by atoms with van der Waals surface area (Å²) < 4.78 is 6.54. The number of nitrogens with one attached hydrogen (secondary N) is 1. The summed E-state index contributed by atoms with van der Waals surface area (Å²) in [6.07, 6.45) is 0. The first kappa shape index (κ1) is 17.5. The van der Waals surface area contributed by atoms with Crippen LogP contribution in [0, 0.1) is 0 Å². The number of nitrogens with two attached hydrogens (primary N) is 1. The van der Waals surface area contributed by atoms with Gasteiger partial charge in [-0.05, 0) is 38.1 Å². The molecule has 4 nitrogen and oxygen atoms in total. The van der Waals surface area contributed by atoms with E-state index >= 15 is 0 Å². The molecule has 0 aliphatic carbocycles. The van der Waals surface area contributed by atoms with Crippen molar-refractivity contribution >= 4 is 45.9 Å². The lowest BCUT2D eigenvalue weighted by Gasteiger charge is -2.08. The van der Waals surface area contributed by atoms with E-state index < -0.39 is 0 Å². The van der Waals surface area contributed by atoms with Crippen LogP contribution in [0.1, 0.15) is 13.8 Å². The molecule has 0 saturated carbocycles. The quantitative estimate of drug-likeness (QED) is 0.328. The Morgan fingerprint density at radius 1 is 1.39 bits per heavy atom. The molecule has 0 saturated heterocycles. The lowest BCUT2D eigenvalue weighted by atomic mass is 10.3. The van der Waals surface area contributed by atoms with Crippen LogP contribution in [0.25, 0.3) is 0 Å². The molecule has 0 fully saturated rings. The van der Waals surface area contributed by atoms with Crippen molar-refractivity contribution < 1.29 is 4.74 Å². The van der Waals surface area contributed by atoms with Gasteiger partial charge in [0.2, 0.25) is 0 Å². The highest BCUT2D eigenvalue weighted by Crippen LogP contribution is 2.15. The molecule has 0 spiro atoms. The van der Waals surface area contributed by atoms with Crippen LogP contribution in [-0.2, 0) is 0 Å². The van der Waals surface area contributed by atoms with Crippen molar-refractivity contribution in [2.45, 2.75) is 19.9 Å². The Morgan fingerprint density at radius 3 is 2.56 bits per heavy atom. The molecular formula is C12H19BrIN3O. The molecule has 1 aromatic carbocycles. The third-order valence-electron chi connectivity index (χ3n) is 1.89. The second-order valence-electron chi connectivity index (χ2n) is 3.87. The molecule has 0 aliphatic rings. The fourth-order valence-electron chi connectivity index (χ4n) is 1.20. The summed E-state index contributed by atoms with van der Waals surface area (Å²) in [5.41, 5.74) is 5.65. The van der Waals surface area contributed by atoms with Crippen molar-refractivity contribution in [2.24, 2.45) is 10.7 Å². The van der Waals surface area contributed by atoms with Crippen LogP contribution >= 0.6 is 39.9 Å². The van der Waals surface area contributed by atoms with Crippen molar-refractivity contribution in [1.82, 2.24) is 5.32 Å². The molecule has 1 rings (SSSR count). The van der Waals surface area contributed by atoms with E-state index in [1.54, 1.807) is 0 Å². The summed E-state index contributed by atoms with van der Waals surface area (Å²) in [4.78, 5) is 4.15. The van der Waals surface area contributed by atoms with Crippen molar-refractivity contribution in [3.63, 3.8) is 0 Å². The SMILES string of the molecule is CC(C)NC(N)=NCCOc1ccc(Br)cc1.I. The zero-order valence-electron chi connectivity index (χ0n) is 10.5. The zero-order chi connectivity index (χ0) is 12.7. The smallest absolute Gasteiger partial charge is 0.188 e. The van der Waals surface area contributed by atoms with E-state index in [0.717, 1.165) is 10.2 Å². The maximum absolute atomic E-state index is 5.65. The zero-order valence-corrected chi connectivity index (χ0v) is 14.4. The maximum Gasteiger partial charge on any atom is 0.188 e. The van der Waals surface area contributed by atoms with Gasteiger partial charge in [-0.15, -0.1) is 24.0 Å². The maximum atomic E-state index is 5.65. The van der Waals surface area contributed by atoms with Crippen molar-refractivity contribution in [1.29, 1.82) is 0 Å². The summed E-state index contributed by atoms with van der Waals surface area (Å²) in [6.45, 7) is 5.09. The fourth-order valence-corrected chi connectivity index (χ4v) is 1.47. The molecule has 1 aromatic rings. The molecule has 0 heterocycles. The van der Waals surface area contributed by atoms with Crippen LogP contribution in [0.3, 0.4) is 0 Å². The van der Waals surface area contributed by atoms with Crippen LogP contribution < -0.4 is 15.8 Å². The van der Waals surface area contributed by atoms with Gasteiger partial charge < -0.3 is 15.8 Å². The van der Waals surface area contributed by atoms with Gasteiger partial charge in [-0.2, -0.15) is 0 Å². The predicted octanol–water partition coefficient (Wildman–Crippen LogP) is 2.76. The second kappa shape index (κ2) is 9.43. The lowest BCUT2D eigenvalue weighted by molar-refractivity contribution is 0.328. The molecule has 0 unspecified atom stereocenters. The third-order valence-corrected chi connectivity index (χ3v) is 2.42. The van der Waals surface area contributed by atoms with E-state index in [1.165, 1.54) is 0 Å². The van der Waals surface area contributed by atoms with Gasteiger partial charge in [0, 0.05) is 10.5 Å². The van der Waals surface area contributed by atoms with Crippen molar-refractivity contribution in [2.75, 3.05) is 13.2 Å². The highest BCUT2D eigenvalue weighted by Gasteiger charge is 1.95. The highest BCUT2D eigenvalue weighted by atomic mass is 127. The van der Waals surface area contributed by atoms with E-state index in [1.807, 2.05) is 38.1 Å². The first-order chi connectivity index (χ1) is 8.08. The van der Waals surface area contributed by atoms with Gasteiger partial charge >= 0.3 is 0 Å². The summed E-state index contributed by atoms with van der Waals surface area (Å²) in [7, 11) is 0. The topological polar surface area (TPSA) is 59.6 Å². The predicted molar refractivity (Wildman–Crippen MR) is 89.8 cm³/mol. The molecular weight excluding hydrogens is 409 g/mol. The Bertz CT molecular complexity index is 368. The van der Waals surface area contributed by atoms with E-state index in [-0.39, 0.29) is 24.0 Å². The van der Waals surface area contributed by atoms with E-state index in [9.17, 15) is 0 Å². The Balaban J connectivity index is 0.00000289. The summed E-state index contributed by atoms with van der Waals surface area (Å²) >= 11 is 3.37. The van der Waals surface area contributed by atoms with Crippen LogP contribution in [-0.4, -0.2) is 25.2 Å². The number of benzene rings is 1. The molecule has 0 aromatic heterocycles. The van der Waals surface area contributed by atoms with Gasteiger partial charge in [-0.25, -0.2) is 4.99 Å². The van der Waals surface area contributed by atoms with Gasteiger partial charge in [-0.3, -0.25) is 0 Å². The van der Waals surface area contributed by atoms with Gasteiger partial charge in [-0.1, -0.05) is 15.9 Å². The van der Waals surface area contributed by atoms with E-state index in [4.69, 9.17) is 10.5 Å². The Labute approximate surface area is 134 Å². The van der Waals surface area contributed by atoms with Crippen LogP contribution in [0.15, 0.2) is 33.7 Å². The number of rotatable bonds is 5. The second-order valence-corrected chi connectivity index (χ2v) is 4.78. The highest BCUT2D eigenvalue weighted by molar-refractivity contribution is 14.0. The van der Waals surface area contributed by atoms with Crippen molar-refractivity contribution in [3.8, 4) is 5.75 Å². The molecule has 0 aliphatic heterocycles. The number of guanidine groups is 1. The minimum atomic E-state index is 0. The van der Waals surface area contributed by atoms with Gasteiger partial charge in [0.15, 0.2) is 5.96 Å². The van der Waals surface area contributed by atoms with Crippen LogP contribution in [0.2, 0.25) is 0 Å². The molecule has 6 heteroatoms. The van der Waals surface area contributed by atoms with E-state index in [0.29, 0.717) is 25.2 Å². The molecule has 18 heavy (non-hydrogen) atoms. The summed E-state index contributed by atoms with van der Waals surface area (Å²) in [5, 5.41) is 3.01. The summed E-state index contributed by atoms with van der Waals surface area (Å²) in [5.74, 6) is 1.29. The largest absolute Gasteiger partial charge is 0.492 e. The van der Waals surface area contributed by atoms with Crippen molar-refractivity contribution in [3.05, 3.63) is 28.7 Å². The molecule has 0 atom stereocenters. The van der Waals surface area contributed by atoms with Gasteiger partial charge in [0.25, 0.3) is 0 Å². The third kappa shape index (κ3) is 7.75. The minimum absolute atomic E-state index is 0. The number of aliphatic imine (C=N–C) groups is 1. The lowest BCUT2D eigenvalue weighted by Crippen LogP contribution is -2.37. The number of hydrogen-bond acceptors (Lipinski definition) is 2. The Hall–Kier alpha value is -0.500. The minimum Gasteiger partial charge on any atom is -0.492 e. The van der Waals surface area contributed by atoms with Crippen LogP contribution in [0.4, 0.5) is 0 Å². The molecule has 3 N–H and O–H groups in total. The number of hydrogen-bond donors (Lipinski definition) is 2. The fraction of sp³-hybridized carbons (Fsp3) is 0.417. The average Bonchev–Trinajstić information content (AvgIpc) is 2.26. The first-order valence-electron chi connectivity index (χ1n) is 5.53. The Kier molecular flexibility index (Phi) is 9.17. The number of ether oxygens (including phenoxy) is 1. The molecule has 102 valence electrons. The molecule has 0 radical (unpaired) electrons. The average molecular weight is 428 g/mol. The standard InChI is InChI=1S/C12H18BrN3O.HI/c1-9(2)16-12(14)15-7-8-17-11-5-3-10(13)4-6-11;/h3-6,9H,7-8H2,1-2H3,(H3,14,15,16);1H. The Morgan fingerprint density at radius 2 is 2.00 bits per heavy atom. The number of nitrogens with zero attached hydrogens (tertiary/aromatic N) is 1. The monoisotopic (exact) mass is 427 g/mol. The number of halogens is 2. The normalized spacial score (nSPS) is 11.0.